The second-order valence-electron chi connectivity index (χ2n) is 6.00. The molecule has 0 bridgehead atoms. The fourth-order valence-corrected chi connectivity index (χ4v) is 3.11. The number of piperazine rings is 1. The molecule has 1 aliphatic rings. The maximum atomic E-state index is 13.1. The summed E-state index contributed by atoms with van der Waals surface area (Å²) in [5, 5.41) is 7.64. The van der Waals surface area contributed by atoms with Crippen molar-refractivity contribution in [3.63, 3.8) is 0 Å². The Balaban J connectivity index is 1.61. The van der Waals surface area contributed by atoms with Crippen molar-refractivity contribution in [1.29, 1.82) is 0 Å². The van der Waals surface area contributed by atoms with Crippen LogP contribution in [0.5, 0.6) is 0 Å². The van der Waals surface area contributed by atoms with Gasteiger partial charge in [-0.1, -0.05) is 0 Å². The van der Waals surface area contributed by atoms with Crippen molar-refractivity contribution in [1.82, 2.24) is 34.5 Å². The van der Waals surface area contributed by atoms with Gasteiger partial charge < -0.3 is 14.8 Å². The van der Waals surface area contributed by atoms with Crippen LogP contribution in [0.3, 0.4) is 0 Å². The van der Waals surface area contributed by atoms with Crippen LogP contribution >= 0.6 is 0 Å². The molecule has 3 aromatic heterocycles. The van der Waals surface area contributed by atoms with Crippen LogP contribution in [-0.4, -0.2) is 54.8 Å². The van der Waals surface area contributed by atoms with E-state index < -0.39 is 0 Å². The lowest BCUT2D eigenvalue weighted by Gasteiger charge is -2.35. The van der Waals surface area contributed by atoms with Crippen molar-refractivity contribution in [2.75, 3.05) is 19.6 Å². The number of hydrogen-bond donors (Lipinski definition) is 1. The summed E-state index contributed by atoms with van der Waals surface area (Å²) in [6, 6.07) is 3.64. The number of nitrogens with zero attached hydrogens (tertiary/aromatic N) is 6. The summed E-state index contributed by atoms with van der Waals surface area (Å²) < 4.78 is 3.62. The number of aryl methyl sites for hydroxylation is 1. The van der Waals surface area contributed by atoms with Gasteiger partial charge in [0.1, 0.15) is 11.9 Å². The molecule has 0 spiro atoms. The van der Waals surface area contributed by atoms with E-state index in [1.165, 1.54) is 0 Å². The van der Waals surface area contributed by atoms with Crippen LogP contribution < -0.4 is 5.32 Å². The molecule has 8 nitrogen and oxygen atoms in total. The molecular formula is C17H19N7O. The maximum Gasteiger partial charge on any atom is 0.257 e. The lowest BCUT2D eigenvalue weighted by molar-refractivity contribution is 0.0621. The maximum absolute atomic E-state index is 13.1. The number of aromatic nitrogens is 5. The van der Waals surface area contributed by atoms with Crippen LogP contribution in [0.1, 0.15) is 22.2 Å². The van der Waals surface area contributed by atoms with E-state index in [1.54, 1.807) is 35.7 Å². The molecule has 4 rings (SSSR count). The monoisotopic (exact) mass is 337 g/mol. The third-order valence-electron chi connectivity index (χ3n) is 4.40. The van der Waals surface area contributed by atoms with Gasteiger partial charge in [0.2, 0.25) is 0 Å². The summed E-state index contributed by atoms with van der Waals surface area (Å²) >= 11 is 0. The van der Waals surface area contributed by atoms with Gasteiger partial charge in [-0.05, 0) is 12.1 Å². The molecule has 1 aliphatic heterocycles. The lowest BCUT2D eigenvalue weighted by Crippen LogP contribution is -2.49. The van der Waals surface area contributed by atoms with Gasteiger partial charge in [0, 0.05) is 51.5 Å². The number of amides is 1. The minimum absolute atomic E-state index is 0.0374. The molecule has 25 heavy (non-hydrogen) atoms. The molecule has 0 radical (unpaired) electrons. The van der Waals surface area contributed by atoms with Crippen molar-refractivity contribution < 1.29 is 4.79 Å². The molecule has 128 valence electrons. The van der Waals surface area contributed by atoms with Crippen molar-refractivity contribution in [3.8, 4) is 5.69 Å². The molecule has 4 heterocycles. The molecule has 0 saturated carbocycles. The van der Waals surface area contributed by atoms with Crippen molar-refractivity contribution in [2.24, 2.45) is 7.05 Å². The summed E-state index contributed by atoms with van der Waals surface area (Å²) in [4.78, 5) is 23.4. The Kier molecular flexibility index (Phi) is 4.02. The van der Waals surface area contributed by atoms with Gasteiger partial charge in [-0.2, -0.15) is 5.10 Å². The standard InChI is InChI=1S/C17H19N7O/c1-22-7-6-20-16(22)15-11-19-5-8-23(15)17(25)13-9-21-24(12-13)14-3-2-4-18-10-14/h2-4,6-7,9-10,12,15,19H,5,8,11H2,1H3. The highest BCUT2D eigenvalue weighted by Gasteiger charge is 2.31. The van der Waals surface area contributed by atoms with E-state index in [-0.39, 0.29) is 11.9 Å². The van der Waals surface area contributed by atoms with Crippen LogP contribution in [0.15, 0.2) is 49.3 Å². The number of pyridine rings is 1. The van der Waals surface area contributed by atoms with Crippen LogP contribution in [0.4, 0.5) is 0 Å². The molecule has 1 atom stereocenters. The molecule has 1 unspecified atom stereocenters. The minimum atomic E-state index is -0.0945. The SMILES string of the molecule is Cn1ccnc1C1CNCCN1C(=O)c1cnn(-c2cccnc2)c1. The number of rotatable bonds is 3. The van der Waals surface area contributed by atoms with Crippen LogP contribution in [0.2, 0.25) is 0 Å². The highest BCUT2D eigenvalue weighted by molar-refractivity contribution is 5.94. The number of carbonyl (C=O) groups excluding carboxylic acids is 1. The smallest absolute Gasteiger partial charge is 0.257 e. The van der Waals surface area contributed by atoms with Gasteiger partial charge in [0.05, 0.1) is 23.6 Å². The van der Waals surface area contributed by atoms with Crippen molar-refractivity contribution >= 4 is 5.91 Å². The predicted molar refractivity (Wildman–Crippen MR) is 91.2 cm³/mol. The molecule has 3 aromatic rings. The first-order valence-electron chi connectivity index (χ1n) is 8.18. The van der Waals surface area contributed by atoms with E-state index in [0.717, 1.165) is 18.1 Å². The topological polar surface area (TPSA) is 80.9 Å². The first kappa shape index (κ1) is 15.5. The normalized spacial score (nSPS) is 17.6. The molecular weight excluding hydrogens is 318 g/mol. The van der Waals surface area contributed by atoms with Gasteiger partial charge in [-0.25, -0.2) is 9.67 Å². The second kappa shape index (κ2) is 6.48. The zero-order valence-electron chi connectivity index (χ0n) is 13.9. The molecule has 8 heteroatoms. The van der Waals surface area contributed by atoms with E-state index in [4.69, 9.17) is 0 Å². The summed E-state index contributed by atoms with van der Waals surface area (Å²) in [5.74, 6) is 0.838. The summed E-state index contributed by atoms with van der Waals surface area (Å²) in [6.45, 7) is 2.09. The molecule has 1 saturated heterocycles. The fraction of sp³-hybridized carbons (Fsp3) is 0.294. The predicted octanol–water partition coefficient (Wildman–Crippen LogP) is 0.787. The van der Waals surface area contributed by atoms with E-state index in [9.17, 15) is 4.79 Å². The van der Waals surface area contributed by atoms with Gasteiger partial charge >= 0.3 is 0 Å². The third kappa shape index (κ3) is 2.91. The average Bonchev–Trinajstić information content (AvgIpc) is 3.31. The second-order valence-corrected chi connectivity index (χ2v) is 6.00. The third-order valence-corrected chi connectivity index (χ3v) is 4.40. The lowest BCUT2D eigenvalue weighted by atomic mass is 10.1. The zero-order chi connectivity index (χ0) is 17.2. The zero-order valence-corrected chi connectivity index (χ0v) is 13.9. The Hall–Kier alpha value is -3.00. The Morgan fingerprint density at radius 2 is 2.24 bits per heavy atom. The number of hydrogen-bond acceptors (Lipinski definition) is 5. The number of nitrogens with one attached hydrogen (secondary N) is 1. The fourth-order valence-electron chi connectivity index (χ4n) is 3.11. The molecule has 0 aliphatic carbocycles. The number of carbonyl (C=O) groups is 1. The van der Waals surface area contributed by atoms with E-state index in [1.807, 2.05) is 34.8 Å². The van der Waals surface area contributed by atoms with Gasteiger partial charge in [0.25, 0.3) is 5.91 Å². The van der Waals surface area contributed by atoms with Gasteiger partial charge in [-0.3, -0.25) is 9.78 Å². The molecule has 0 aromatic carbocycles. The Bertz CT molecular complexity index is 870. The average molecular weight is 337 g/mol. The largest absolute Gasteiger partial charge is 0.336 e. The summed E-state index contributed by atoms with van der Waals surface area (Å²) in [5.41, 5.74) is 1.38. The Morgan fingerprint density at radius 1 is 1.32 bits per heavy atom. The van der Waals surface area contributed by atoms with E-state index in [2.05, 4.69) is 20.4 Å². The van der Waals surface area contributed by atoms with Crippen LogP contribution in [0.25, 0.3) is 5.69 Å². The van der Waals surface area contributed by atoms with Gasteiger partial charge in [0.15, 0.2) is 0 Å². The first-order valence-corrected chi connectivity index (χ1v) is 8.18. The quantitative estimate of drug-likeness (QED) is 0.764. The first-order chi connectivity index (χ1) is 12.2. The minimum Gasteiger partial charge on any atom is -0.336 e. The van der Waals surface area contributed by atoms with Gasteiger partial charge in [-0.15, -0.1) is 0 Å². The molecule has 1 fully saturated rings. The summed E-state index contributed by atoms with van der Waals surface area (Å²) in [7, 11) is 1.94. The van der Waals surface area contributed by atoms with Crippen molar-refractivity contribution in [3.05, 3.63) is 60.7 Å². The van der Waals surface area contributed by atoms with E-state index >= 15 is 0 Å². The highest BCUT2D eigenvalue weighted by atomic mass is 16.2. The number of imidazole rings is 1. The summed E-state index contributed by atoms with van der Waals surface area (Å²) in [6.07, 6.45) is 10.4. The van der Waals surface area contributed by atoms with Crippen LogP contribution in [-0.2, 0) is 7.05 Å². The van der Waals surface area contributed by atoms with E-state index in [0.29, 0.717) is 18.7 Å². The van der Waals surface area contributed by atoms with Crippen LogP contribution in [0, 0.1) is 0 Å². The molecule has 1 amide bonds. The Labute approximate surface area is 145 Å². The van der Waals surface area contributed by atoms with Crippen molar-refractivity contribution in [2.45, 2.75) is 6.04 Å². The highest BCUT2D eigenvalue weighted by Crippen LogP contribution is 2.22. The molecule has 1 N–H and O–H groups in total. The Morgan fingerprint density at radius 3 is 3.00 bits per heavy atom.